The Kier molecular flexibility index (Phi) is 9.60. The minimum atomic E-state index is -0.0469. The second-order valence-electron chi connectivity index (χ2n) is 5.27. The molecule has 136 valence electrons. The van der Waals surface area contributed by atoms with E-state index in [1.54, 1.807) is 25.4 Å². The van der Waals surface area contributed by atoms with Crippen LogP contribution >= 0.6 is 24.0 Å². The second kappa shape index (κ2) is 11.5. The fourth-order valence-electron chi connectivity index (χ4n) is 2.16. The maximum absolute atomic E-state index is 11.9. The molecule has 0 radical (unpaired) electrons. The summed E-state index contributed by atoms with van der Waals surface area (Å²) in [5.41, 5.74) is 1.76. The van der Waals surface area contributed by atoms with E-state index in [-0.39, 0.29) is 29.9 Å². The molecule has 0 spiro atoms. The number of halogens is 1. The highest BCUT2D eigenvalue weighted by Gasteiger charge is 2.03. The summed E-state index contributed by atoms with van der Waals surface area (Å²) in [6.45, 7) is 1.99. The number of aromatic nitrogens is 2. The van der Waals surface area contributed by atoms with Crippen LogP contribution in [0.2, 0.25) is 0 Å². The highest BCUT2D eigenvalue weighted by atomic mass is 127. The lowest BCUT2D eigenvalue weighted by Crippen LogP contribution is -2.38. The van der Waals surface area contributed by atoms with Gasteiger partial charge in [-0.25, -0.2) is 0 Å². The molecule has 0 bridgehead atoms. The molecule has 2 rings (SSSR count). The predicted molar refractivity (Wildman–Crippen MR) is 110 cm³/mol. The summed E-state index contributed by atoms with van der Waals surface area (Å²) in [4.78, 5) is 16.1. The third-order valence-corrected chi connectivity index (χ3v) is 3.55. The van der Waals surface area contributed by atoms with Gasteiger partial charge in [-0.1, -0.05) is 18.2 Å². The number of guanidine groups is 1. The quantitative estimate of drug-likeness (QED) is 0.256. The largest absolute Gasteiger partial charge is 0.356 e. The van der Waals surface area contributed by atoms with Crippen molar-refractivity contribution < 1.29 is 4.79 Å². The normalized spacial score (nSPS) is 10.7. The lowest BCUT2D eigenvalue weighted by molar-refractivity contribution is 0.0953. The molecule has 0 fully saturated rings. The van der Waals surface area contributed by atoms with Gasteiger partial charge in [0.25, 0.3) is 5.91 Å². The van der Waals surface area contributed by atoms with Crippen LogP contribution in [0.3, 0.4) is 0 Å². The zero-order valence-electron chi connectivity index (χ0n) is 14.5. The maximum Gasteiger partial charge on any atom is 0.251 e. The first-order valence-corrected chi connectivity index (χ1v) is 7.95. The molecule has 25 heavy (non-hydrogen) atoms. The summed E-state index contributed by atoms with van der Waals surface area (Å²) < 4.78 is 1.82. The molecule has 8 heteroatoms. The Bertz CT molecular complexity index is 671. The van der Waals surface area contributed by atoms with E-state index in [1.807, 2.05) is 36.0 Å². The summed E-state index contributed by atoms with van der Waals surface area (Å²) in [6, 6.07) is 11.2. The Labute approximate surface area is 165 Å². The molecule has 1 amide bonds. The highest BCUT2D eigenvalue weighted by molar-refractivity contribution is 14.0. The van der Waals surface area contributed by atoms with Crippen LogP contribution in [0.1, 0.15) is 22.5 Å². The summed E-state index contributed by atoms with van der Waals surface area (Å²) in [5.74, 6) is 0.680. The Morgan fingerprint density at radius 1 is 1.12 bits per heavy atom. The zero-order chi connectivity index (χ0) is 17.2. The number of nitrogens with one attached hydrogen (secondary N) is 3. The highest BCUT2D eigenvalue weighted by Crippen LogP contribution is 1.97. The monoisotopic (exact) mass is 456 g/mol. The first-order chi connectivity index (χ1) is 11.7. The average Bonchev–Trinajstić information content (AvgIpc) is 3.03. The molecule has 3 N–H and O–H groups in total. The van der Waals surface area contributed by atoms with Crippen molar-refractivity contribution >= 4 is 35.8 Å². The van der Waals surface area contributed by atoms with Crippen molar-refractivity contribution in [2.45, 2.75) is 13.0 Å². The first-order valence-electron chi connectivity index (χ1n) is 7.95. The van der Waals surface area contributed by atoms with Crippen molar-refractivity contribution in [3.63, 3.8) is 0 Å². The number of carbonyl (C=O) groups is 1. The number of amides is 1. The number of aliphatic imine (C=N–C) groups is 1. The molecule has 0 aliphatic heterocycles. The van der Waals surface area contributed by atoms with Gasteiger partial charge in [0.05, 0.1) is 12.2 Å². The zero-order valence-corrected chi connectivity index (χ0v) is 16.9. The summed E-state index contributed by atoms with van der Waals surface area (Å²) >= 11 is 0. The Morgan fingerprint density at radius 2 is 1.84 bits per heavy atom. The van der Waals surface area contributed by atoms with Gasteiger partial charge < -0.3 is 16.0 Å². The van der Waals surface area contributed by atoms with Crippen molar-refractivity contribution in [2.75, 3.05) is 20.1 Å². The molecular weight excluding hydrogens is 431 g/mol. The standard InChI is InChI=1S/C17H24N6O.HI/c1-18-17(21-13-15-9-12-22-23(15)2)20-11-6-10-19-16(24)14-7-4-3-5-8-14;/h3-5,7-9,12H,6,10-11,13H2,1-2H3,(H,19,24)(H2,18,20,21);1H. The topological polar surface area (TPSA) is 83.3 Å². The minimum Gasteiger partial charge on any atom is -0.356 e. The molecule has 7 nitrogen and oxygen atoms in total. The van der Waals surface area contributed by atoms with Gasteiger partial charge in [0.2, 0.25) is 0 Å². The van der Waals surface area contributed by atoms with Crippen LogP contribution in [0.4, 0.5) is 0 Å². The third kappa shape index (κ3) is 7.12. The van der Waals surface area contributed by atoms with Gasteiger partial charge in [-0.15, -0.1) is 24.0 Å². The number of rotatable bonds is 7. The maximum atomic E-state index is 11.9. The van der Waals surface area contributed by atoms with E-state index in [0.29, 0.717) is 18.7 Å². The van der Waals surface area contributed by atoms with E-state index in [1.165, 1.54) is 0 Å². The molecule has 0 aliphatic rings. The molecule has 0 saturated heterocycles. The first kappa shape index (κ1) is 20.9. The molecule has 1 aromatic heterocycles. The SMILES string of the molecule is CN=C(NCCCNC(=O)c1ccccc1)NCc1ccnn1C.I. The van der Waals surface area contributed by atoms with Crippen molar-refractivity contribution in [1.29, 1.82) is 0 Å². The van der Waals surface area contributed by atoms with Crippen molar-refractivity contribution in [3.8, 4) is 0 Å². The minimum absolute atomic E-state index is 0. The van der Waals surface area contributed by atoms with Gasteiger partial charge in [-0.05, 0) is 24.6 Å². The van der Waals surface area contributed by atoms with Gasteiger partial charge in [0.1, 0.15) is 0 Å². The van der Waals surface area contributed by atoms with Gasteiger partial charge in [0.15, 0.2) is 5.96 Å². The number of nitrogens with zero attached hydrogens (tertiary/aromatic N) is 3. The molecule has 1 heterocycles. The van der Waals surface area contributed by atoms with E-state index in [2.05, 4.69) is 26.0 Å². The van der Waals surface area contributed by atoms with Crippen molar-refractivity contribution in [3.05, 3.63) is 53.9 Å². The number of carbonyl (C=O) groups excluding carboxylic acids is 1. The predicted octanol–water partition coefficient (Wildman–Crippen LogP) is 1.52. The second-order valence-corrected chi connectivity index (χ2v) is 5.27. The molecule has 1 aromatic carbocycles. The number of aryl methyl sites for hydroxylation is 1. The van der Waals surface area contributed by atoms with Gasteiger partial charge in [-0.2, -0.15) is 5.10 Å². The van der Waals surface area contributed by atoms with Crippen LogP contribution in [-0.2, 0) is 13.6 Å². The van der Waals surface area contributed by atoms with Gasteiger partial charge in [-0.3, -0.25) is 14.5 Å². The Hall–Kier alpha value is -2.10. The molecular formula is C17H25IN6O. The molecule has 0 unspecified atom stereocenters. The fourth-order valence-corrected chi connectivity index (χ4v) is 2.16. The van der Waals surface area contributed by atoms with Crippen LogP contribution in [-0.4, -0.2) is 41.8 Å². The van der Waals surface area contributed by atoms with Crippen molar-refractivity contribution in [2.24, 2.45) is 12.0 Å². The average molecular weight is 456 g/mol. The van der Waals surface area contributed by atoms with Crippen LogP contribution < -0.4 is 16.0 Å². The van der Waals surface area contributed by atoms with Gasteiger partial charge >= 0.3 is 0 Å². The lowest BCUT2D eigenvalue weighted by Gasteiger charge is -2.12. The van der Waals surface area contributed by atoms with E-state index in [4.69, 9.17) is 0 Å². The molecule has 0 saturated carbocycles. The van der Waals surface area contributed by atoms with E-state index in [0.717, 1.165) is 24.6 Å². The van der Waals surface area contributed by atoms with Crippen molar-refractivity contribution in [1.82, 2.24) is 25.7 Å². The smallest absolute Gasteiger partial charge is 0.251 e. The number of hydrogen-bond acceptors (Lipinski definition) is 3. The summed E-state index contributed by atoms with van der Waals surface area (Å²) in [5, 5.41) is 13.5. The molecule has 0 atom stereocenters. The van der Waals surface area contributed by atoms with E-state index < -0.39 is 0 Å². The number of hydrogen-bond donors (Lipinski definition) is 3. The lowest BCUT2D eigenvalue weighted by atomic mass is 10.2. The third-order valence-electron chi connectivity index (χ3n) is 3.55. The van der Waals surface area contributed by atoms with E-state index >= 15 is 0 Å². The number of benzene rings is 1. The van der Waals surface area contributed by atoms with Crippen LogP contribution in [0.25, 0.3) is 0 Å². The van der Waals surface area contributed by atoms with Crippen LogP contribution in [0, 0.1) is 0 Å². The Morgan fingerprint density at radius 3 is 2.48 bits per heavy atom. The van der Waals surface area contributed by atoms with Crippen LogP contribution in [0.15, 0.2) is 47.6 Å². The molecule has 0 aliphatic carbocycles. The van der Waals surface area contributed by atoms with Crippen LogP contribution in [0.5, 0.6) is 0 Å². The van der Waals surface area contributed by atoms with Gasteiger partial charge in [0, 0.05) is 38.9 Å². The molecule has 2 aromatic rings. The summed E-state index contributed by atoms with van der Waals surface area (Å²) in [6.07, 6.45) is 2.58. The fraction of sp³-hybridized carbons (Fsp3) is 0.353. The Balaban J connectivity index is 0.00000312. The van der Waals surface area contributed by atoms with E-state index in [9.17, 15) is 4.79 Å². The summed E-state index contributed by atoms with van der Waals surface area (Å²) in [7, 11) is 3.64.